The van der Waals surface area contributed by atoms with Crippen LogP contribution in [0.2, 0.25) is 0 Å². The summed E-state index contributed by atoms with van der Waals surface area (Å²) >= 11 is 0. The van der Waals surface area contributed by atoms with Crippen LogP contribution in [-0.2, 0) is 17.9 Å². The molecule has 7 heteroatoms. The van der Waals surface area contributed by atoms with Crippen molar-refractivity contribution in [3.8, 4) is 0 Å². The summed E-state index contributed by atoms with van der Waals surface area (Å²) < 4.78 is 17.3. The Labute approximate surface area is 145 Å². The van der Waals surface area contributed by atoms with Crippen molar-refractivity contribution in [1.29, 1.82) is 0 Å². The number of carbonyl (C=O) groups is 1. The number of fused-ring (bicyclic) bond motifs is 1. The molecule has 0 bridgehead atoms. The van der Waals surface area contributed by atoms with Crippen molar-refractivity contribution in [3.63, 3.8) is 0 Å². The topological polar surface area (TPSA) is 64.7 Å². The Balaban J connectivity index is 1.63. The molecule has 25 heavy (non-hydrogen) atoms. The molecule has 1 N–H and O–H groups in total. The maximum atomic E-state index is 13.6. The van der Waals surface area contributed by atoms with E-state index in [9.17, 15) is 9.18 Å². The standard InChI is InChI=1S/C18H22FN5O/c1-12(2)24-16-11-21-23(18(16)13(3)22-24)9-8-17(25)20-10-14-6-4-5-7-15(14)19/h4-7,11-12H,8-10H2,1-3H3,(H,20,25). The third-order valence-electron chi connectivity index (χ3n) is 4.14. The number of hydrogen-bond acceptors (Lipinski definition) is 3. The second kappa shape index (κ2) is 7.04. The van der Waals surface area contributed by atoms with Gasteiger partial charge in [0.05, 0.1) is 18.4 Å². The highest BCUT2D eigenvalue weighted by Crippen LogP contribution is 2.21. The Morgan fingerprint density at radius 3 is 2.80 bits per heavy atom. The molecule has 0 aliphatic heterocycles. The van der Waals surface area contributed by atoms with Crippen molar-refractivity contribution >= 4 is 16.9 Å². The largest absolute Gasteiger partial charge is 0.352 e. The van der Waals surface area contributed by atoms with Crippen LogP contribution in [0.25, 0.3) is 11.0 Å². The zero-order valence-corrected chi connectivity index (χ0v) is 14.7. The Morgan fingerprint density at radius 1 is 1.32 bits per heavy atom. The van der Waals surface area contributed by atoms with E-state index >= 15 is 0 Å². The van der Waals surface area contributed by atoms with Gasteiger partial charge in [-0.1, -0.05) is 18.2 Å². The van der Waals surface area contributed by atoms with Gasteiger partial charge in [-0.25, -0.2) is 4.39 Å². The molecule has 0 radical (unpaired) electrons. The molecular weight excluding hydrogens is 321 g/mol. The fourth-order valence-corrected chi connectivity index (χ4v) is 2.87. The minimum Gasteiger partial charge on any atom is -0.352 e. The van der Waals surface area contributed by atoms with E-state index in [-0.39, 0.29) is 30.7 Å². The number of nitrogens with one attached hydrogen (secondary N) is 1. The lowest BCUT2D eigenvalue weighted by molar-refractivity contribution is -0.121. The van der Waals surface area contributed by atoms with Gasteiger partial charge in [-0.3, -0.25) is 14.2 Å². The Morgan fingerprint density at radius 2 is 2.08 bits per heavy atom. The molecule has 2 heterocycles. The van der Waals surface area contributed by atoms with Crippen LogP contribution >= 0.6 is 0 Å². The lowest BCUT2D eigenvalue weighted by Crippen LogP contribution is -2.24. The molecule has 0 saturated heterocycles. The quantitative estimate of drug-likeness (QED) is 0.748. The Hall–Kier alpha value is -2.70. The van der Waals surface area contributed by atoms with Crippen molar-refractivity contribution in [3.05, 3.63) is 47.5 Å². The first kappa shape index (κ1) is 17.1. The summed E-state index contributed by atoms with van der Waals surface area (Å²) in [5.41, 5.74) is 3.30. The zero-order chi connectivity index (χ0) is 18.0. The van der Waals surface area contributed by atoms with Crippen LogP contribution in [0, 0.1) is 12.7 Å². The summed E-state index contributed by atoms with van der Waals surface area (Å²) in [7, 11) is 0. The normalized spacial score (nSPS) is 11.4. The summed E-state index contributed by atoms with van der Waals surface area (Å²) in [6, 6.07) is 6.68. The smallest absolute Gasteiger partial charge is 0.222 e. The number of rotatable bonds is 6. The van der Waals surface area contributed by atoms with Gasteiger partial charge in [0.15, 0.2) is 0 Å². The molecule has 6 nitrogen and oxygen atoms in total. The van der Waals surface area contributed by atoms with Crippen LogP contribution in [0.15, 0.2) is 30.5 Å². The number of nitrogens with zero attached hydrogens (tertiary/aromatic N) is 4. The second-order valence-corrected chi connectivity index (χ2v) is 6.34. The van der Waals surface area contributed by atoms with Gasteiger partial charge in [-0.05, 0) is 26.8 Å². The molecule has 0 spiro atoms. The van der Waals surface area contributed by atoms with Gasteiger partial charge >= 0.3 is 0 Å². The summed E-state index contributed by atoms with van der Waals surface area (Å²) in [6.07, 6.45) is 2.06. The van der Waals surface area contributed by atoms with Crippen LogP contribution in [0.3, 0.4) is 0 Å². The van der Waals surface area contributed by atoms with Crippen LogP contribution < -0.4 is 5.32 Å². The zero-order valence-electron chi connectivity index (χ0n) is 14.7. The molecule has 0 atom stereocenters. The summed E-state index contributed by atoms with van der Waals surface area (Å²) in [4.78, 5) is 12.1. The van der Waals surface area contributed by atoms with Gasteiger partial charge in [0, 0.05) is 24.6 Å². The first-order valence-electron chi connectivity index (χ1n) is 8.38. The SMILES string of the molecule is Cc1nn(C(C)C)c2cnn(CCC(=O)NCc3ccccc3F)c12. The van der Waals surface area contributed by atoms with E-state index in [4.69, 9.17) is 0 Å². The lowest BCUT2D eigenvalue weighted by Gasteiger charge is -2.07. The molecule has 132 valence electrons. The van der Waals surface area contributed by atoms with E-state index < -0.39 is 0 Å². The van der Waals surface area contributed by atoms with Gasteiger partial charge in [-0.15, -0.1) is 0 Å². The minimum atomic E-state index is -0.312. The molecule has 1 amide bonds. The number of aromatic nitrogens is 4. The Kier molecular flexibility index (Phi) is 4.83. The van der Waals surface area contributed by atoms with Crippen molar-refractivity contribution in [2.45, 2.75) is 46.3 Å². The monoisotopic (exact) mass is 343 g/mol. The van der Waals surface area contributed by atoms with E-state index in [0.29, 0.717) is 12.1 Å². The molecule has 0 unspecified atom stereocenters. The van der Waals surface area contributed by atoms with Gasteiger partial charge in [-0.2, -0.15) is 10.2 Å². The Bertz CT molecular complexity index is 896. The molecule has 0 aliphatic carbocycles. The number of halogens is 1. The van der Waals surface area contributed by atoms with Gasteiger partial charge in [0.2, 0.25) is 5.91 Å². The second-order valence-electron chi connectivity index (χ2n) is 6.34. The number of carbonyl (C=O) groups excluding carboxylic acids is 1. The minimum absolute atomic E-state index is 0.138. The molecule has 1 aromatic carbocycles. The third kappa shape index (κ3) is 3.55. The predicted molar refractivity (Wildman–Crippen MR) is 93.5 cm³/mol. The summed E-state index contributed by atoms with van der Waals surface area (Å²) in [5.74, 6) is -0.450. The van der Waals surface area contributed by atoms with Gasteiger partial charge < -0.3 is 5.32 Å². The van der Waals surface area contributed by atoms with Gasteiger partial charge in [0.1, 0.15) is 16.9 Å². The van der Waals surface area contributed by atoms with E-state index in [1.807, 2.05) is 11.6 Å². The maximum Gasteiger partial charge on any atom is 0.222 e. The molecule has 0 saturated carbocycles. The fraction of sp³-hybridized carbons (Fsp3) is 0.389. The van der Waals surface area contributed by atoms with Crippen LogP contribution in [0.1, 0.15) is 37.6 Å². The van der Waals surface area contributed by atoms with Crippen molar-refractivity contribution in [2.75, 3.05) is 0 Å². The predicted octanol–water partition coefficient (Wildman–Crippen LogP) is 2.97. The van der Waals surface area contributed by atoms with E-state index in [2.05, 4.69) is 29.4 Å². The number of hydrogen-bond donors (Lipinski definition) is 1. The highest BCUT2D eigenvalue weighted by Gasteiger charge is 2.15. The molecule has 0 fully saturated rings. The van der Waals surface area contributed by atoms with Crippen LogP contribution in [-0.4, -0.2) is 25.5 Å². The first-order valence-corrected chi connectivity index (χ1v) is 8.38. The molecule has 2 aromatic heterocycles. The lowest BCUT2D eigenvalue weighted by atomic mass is 10.2. The fourth-order valence-electron chi connectivity index (χ4n) is 2.87. The summed E-state index contributed by atoms with van der Waals surface area (Å²) in [5, 5.41) is 11.7. The van der Waals surface area contributed by atoms with Gasteiger partial charge in [0.25, 0.3) is 0 Å². The number of aryl methyl sites for hydroxylation is 2. The average molecular weight is 343 g/mol. The number of benzene rings is 1. The number of amides is 1. The van der Waals surface area contributed by atoms with Crippen molar-refractivity contribution in [2.24, 2.45) is 0 Å². The average Bonchev–Trinajstić information content (AvgIpc) is 3.13. The van der Waals surface area contributed by atoms with E-state index in [1.165, 1.54) is 6.07 Å². The van der Waals surface area contributed by atoms with Crippen LogP contribution in [0.5, 0.6) is 0 Å². The highest BCUT2D eigenvalue weighted by molar-refractivity contribution is 5.79. The third-order valence-corrected chi connectivity index (χ3v) is 4.14. The van der Waals surface area contributed by atoms with Crippen LogP contribution in [0.4, 0.5) is 4.39 Å². The van der Waals surface area contributed by atoms with E-state index in [1.54, 1.807) is 29.1 Å². The highest BCUT2D eigenvalue weighted by atomic mass is 19.1. The molecule has 0 aliphatic rings. The van der Waals surface area contributed by atoms with Crippen molar-refractivity contribution < 1.29 is 9.18 Å². The molecule has 3 aromatic rings. The molecule has 3 rings (SSSR count). The summed E-state index contributed by atoms with van der Waals surface area (Å²) in [6.45, 7) is 6.72. The first-order chi connectivity index (χ1) is 12.0. The van der Waals surface area contributed by atoms with E-state index in [0.717, 1.165) is 16.7 Å². The maximum absolute atomic E-state index is 13.6. The van der Waals surface area contributed by atoms with Crippen molar-refractivity contribution in [1.82, 2.24) is 24.9 Å². The molecular formula is C18H22FN5O.